The Balaban J connectivity index is 1.63. The van der Waals surface area contributed by atoms with E-state index >= 15 is 0 Å². The fraction of sp³-hybridized carbons (Fsp3) is 0.0435. The van der Waals surface area contributed by atoms with Crippen LogP contribution >= 0.6 is 11.6 Å². The van der Waals surface area contributed by atoms with Crippen LogP contribution in [0.15, 0.2) is 84.9 Å². The first-order valence-corrected chi connectivity index (χ1v) is 9.09. The molecule has 5 heteroatoms. The standard InChI is InChI=1S/C23H19ClN2O2/c1-26(20-8-3-2-4-9-20)23(28)18-11-14-19(15-12-18)25-22(27)16-13-17-7-5-6-10-21(17)24/h2-16H,1H3,(H,25,27)/b16-13+. The van der Waals surface area contributed by atoms with Gasteiger partial charge in [0.25, 0.3) is 5.91 Å². The molecular weight excluding hydrogens is 372 g/mol. The number of anilines is 2. The van der Waals surface area contributed by atoms with E-state index in [4.69, 9.17) is 11.6 Å². The lowest BCUT2D eigenvalue weighted by Crippen LogP contribution is -2.26. The lowest BCUT2D eigenvalue weighted by molar-refractivity contribution is -0.111. The Hall–Kier alpha value is -3.37. The summed E-state index contributed by atoms with van der Waals surface area (Å²) < 4.78 is 0. The van der Waals surface area contributed by atoms with E-state index in [1.165, 1.54) is 6.08 Å². The van der Waals surface area contributed by atoms with Gasteiger partial charge in [0.05, 0.1) is 0 Å². The molecule has 3 rings (SSSR count). The first-order valence-electron chi connectivity index (χ1n) is 8.71. The molecule has 140 valence electrons. The van der Waals surface area contributed by atoms with Crippen molar-refractivity contribution in [3.05, 3.63) is 101 Å². The predicted molar refractivity (Wildman–Crippen MR) is 115 cm³/mol. The smallest absolute Gasteiger partial charge is 0.258 e. The number of halogens is 1. The number of benzene rings is 3. The number of para-hydroxylation sites is 1. The average Bonchev–Trinajstić information content (AvgIpc) is 2.73. The molecule has 0 unspecified atom stereocenters. The molecule has 3 aromatic carbocycles. The Morgan fingerprint density at radius 2 is 1.54 bits per heavy atom. The third kappa shape index (κ3) is 4.87. The van der Waals surface area contributed by atoms with Crippen LogP contribution in [0.2, 0.25) is 5.02 Å². The molecule has 28 heavy (non-hydrogen) atoms. The second-order valence-electron chi connectivity index (χ2n) is 6.12. The second kappa shape index (κ2) is 9.02. The highest BCUT2D eigenvalue weighted by molar-refractivity contribution is 6.32. The summed E-state index contributed by atoms with van der Waals surface area (Å²) >= 11 is 6.07. The zero-order valence-corrected chi connectivity index (χ0v) is 16.1. The summed E-state index contributed by atoms with van der Waals surface area (Å²) in [6.07, 6.45) is 3.08. The van der Waals surface area contributed by atoms with Gasteiger partial charge in [0.2, 0.25) is 5.91 Å². The quantitative estimate of drug-likeness (QED) is 0.603. The van der Waals surface area contributed by atoms with Crippen LogP contribution < -0.4 is 10.2 Å². The molecule has 1 N–H and O–H groups in total. The van der Waals surface area contributed by atoms with E-state index in [1.54, 1.807) is 48.4 Å². The van der Waals surface area contributed by atoms with Gasteiger partial charge in [-0.1, -0.05) is 48.0 Å². The monoisotopic (exact) mass is 390 g/mol. The molecule has 3 aromatic rings. The van der Waals surface area contributed by atoms with Crippen LogP contribution in [-0.2, 0) is 4.79 Å². The van der Waals surface area contributed by atoms with E-state index in [9.17, 15) is 9.59 Å². The van der Waals surface area contributed by atoms with E-state index in [-0.39, 0.29) is 11.8 Å². The summed E-state index contributed by atoms with van der Waals surface area (Å²) in [5.74, 6) is -0.400. The summed E-state index contributed by atoms with van der Waals surface area (Å²) in [6.45, 7) is 0. The van der Waals surface area contributed by atoms with Crippen molar-refractivity contribution >= 4 is 40.9 Å². The highest BCUT2D eigenvalue weighted by atomic mass is 35.5. The highest BCUT2D eigenvalue weighted by Crippen LogP contribution is 2.18. The van der Waals surface area contributed by atoms with Gasteiger partial charge in [-0.2, -0.15) is 0 Å². The third-order valence-corrected chi connectivity index (χ3v) is 4.51. The minimum Gasteiger partial charge on any atom is -0.323 e. The van der Waals surface area contributed by atoms with Crippen molar-refractivity contribution in [3.63, 3.8) is 0 Å². The lowest BCUT2D eigenvalue weighted by Gasteiger charge is -2.17. The molecule has 2 amide bonds. The number of hydrogen-bond acceptors (Lipinski definition) is 2. The molecule has 0 saturated heterocycles. The second-order valence-corrected chi connectivity index (χ2v) is 6.53. The van der Waals surface area contributed by atoms with Crippen LogP contribution in [0.25, 0.3) is 6.08 Å². The Bertz CT molecular complexity index is 999. The number of hydrogen-bond donors (Lipinski definition) is 1. The van der Waals surface area contributed by atoms with E-state index < -0.39 is 0 Å². The van der Waals surface area contributed by atoms with Crippen molar-refractivity contribution in [2.75, 3.05) is 17.3 Å². The van der Waals surface area contributed by atoms with Crippen LogP contribution in [0.5, 0.6) is 0 Å². The van der Waals surface area contributed by atoms with Crippen molar-refractivity contribution in [1.82, 2.24) is 0 Å². The fourth-order valence-electron chi connectivity index (χ4n) is 2.62. The van der Waals surface area contributed by atoms with Crippen LogP contribution in [0.3, 0.4) is 0 Å². The molecule has 0 radical (unpaired) electrons. The summed E-state index contributed by atoms with van der Waals surface area (Å²) in [7, 11) is 1.73. The predicted octanol–water partition coefficient (Wildman–Crippen LogP) is 5.27. The van der Waals surface area contributed by atoms with Crippen molar-refractivity contribution in [3.8, 4) is 0 Å². The first kappa shape index (κ1) is 19.4. The maximum absolute atomic E-state index is 12.6. The van der Waals surface area contributed by atoms with Gasteiger partial charge in [-0.15, -0.1) is 0 Å². The number of nitrogens with zero attached hydrogens (tertiary/aromatic N) is 1. The zero-order valence-electron chi connectivity index (χ0n) is 15.3. The fourth-order valence-corrected chi connectivity index (χ4v) is 2.82. The van der Waals surface area contributed by atoms with Crippen molar-refractivity contribution < 1.29 is 9.59 Å². The van der Waals surface area contributed by atoms with Crippen LogP contribution in [-0.4, -0.2) is 18.9 Å². The third-order valence-electron chi connectivity index (χ3n) is 4.17. The Kier molecular flexibility index (Phi) is 6.25. The molecule has 0 aliphatic heterocycles. The van der Waals surface area contributed by atoms with Gasteiger partial charge in [0.15, 0.2) is 0 Å². The summed E-state index contributed by atoms with van der Waals surface area (Å²) in [4.78, 5) is 26.3. The van der Waals surface area contributed by atoms with E-state index in [1.807, 2.05) is 48.5 Å². The van der Waals surface area contributed by atoms with Crippen molar-refractivity contribution in [1.29, 1.82) is 0 Å². The first-order chi connectivity index (χ1) is 13.5. The minimum absolute atomic E-state index is 0.123. The van der Waals surface area contributed by atoms with Gasteiger partial charge in [-0.3, -0.25) is 9.59 Å². The molecule has 0 aliphatic carbocycles. The molecule has 0 aromatic heterocycles. The summed E-state index contributed by atoms with van der Waals surface area (Å²) in [5, 5.41) is 3.35. The number of carbonyl (C=O) groups excluding carboxylic acids is 2. The molecule has 0 heterocycles. The number of rotatable bonds is 5. The Labute approximate surface area is 169 Å². The normalized spacial score (nSPS) is 10.6. The molecule has 4 nitrogen and oxygen atoms in total. The van der Waals surface area contributed by atoms with Crippen LogP contribution in [0.1, 0.15) is 15.9 Å². The highest BCUT2D eigenvalue weighted by Gasteiger charge is 2.13. The largest absolute Gasteiger partial charge is 0.323 e. The van der Waals surface area contributed by atoms with Gasteiger partial charge >= 0.3 is 0 Å². The van der Waals surface area contributed by atoms with Gasteiger partial charge < -0.3 is 10.2 Å². The number of nitrogens with one attached hydrogen (secondary N) is 1. The Morgan fingerprint density at radius 3 is 2.21 bits per heavy atom. The van der Waals surface area contributed by atoms with Crippen molar-refractivity contribution in [2.45, 2.75) is 0 Å². The molecular formula is C23H19ClN2O2. The van der Waals surface area contributed by atoms with E-state index in [0.29, 0.717) is 16.3 Å². The molecule has 0 atom stereocenters. The summed E-state index contributed by atoms with van der Waals surface area (Å²) in [6, 6.07) is 23.5. The van der Waals surface area contributed by atoms with Crippen molar-refractivity contribution in [2.24, 2.45) is 0 Å². The SMILES string of the molecule is CN(C(=O)c1ccc(NC(=O)/C=C/c2ccccc2Cl)cc1)c1ccccc1. The molecule has 0 spiro atoms. The number of amides is 2. The maximum Gasteiger partial charge on any atom is 0.258 e. The zero-order chi connectivity index (χ0) is 19.9. The maximum atomic E-state index is 12.6. The van der Waals surface area contributed by atoms with Gasteiger partial charge in [0.1, 0.15) is 0 Å². The summed E-state index contributed by atoms with van der Waals surface area (Å²) in [5.41, 5.74) is 2.72. The molecule has 0 aliphatic rings. The van der Waals surface area contributed by atoms with Gasteiger partial charge in [-0.05, 0) is 54.1 Å². The van der Waals surface area contributed by atoms with Gasteiger partial charge in [-0.25, -0.2) is 0 Å². The van der Waals surface area contributed by atoms with E-state index in [2.05, 4.69) is 5.32 Å². The average molecular weight is 391 g/mol. The van der Waals surface area contributed by atoms with E-state index in [0.717, 1.165) is 11.3 Å². The minimum atomic E-state index is -0.277. The van der Waals surface area contributed by atoms with Gasteiger partial charge in [0, 0.05) is 35.1 Å². The van der Waals surface area contributed by atoms with Crippen LogP contribution in [0, 0.1) is 0 Å². The molecule has 0 bridgehead atoms. The lowest BCUT2D eigenvalue weighted by atomic mass is 10.1. The molecule has 0 saturated carbocycles. The topological polar surface area (TPSA) is 49.4 Å². The Morgan fingerprint density at radius 1 is 0.893 bits per heavy atom. The number of carbonyl (C=O) groups is 2. The van der Waals surface area contributed by atoms with Crippen LogP contribution in [0.4, 0.5) is 11.4 Å². The molecule has 0 fully saturated rings.